The van der Waals surface area contributed by atoms with Crippen LogP contribution in [0.15, 0.2) is 34.8 Å². The summed E-state index contributed by atoms with van der Waals surface area (Å²) in [6, 6.07) is 8.02. The van der Waals surface area contributed by atoms with Crippen LogP contribution in [0.5, 0.6) is 0 Å². The Kier molecular flexibility index (Phi) is 2.56. The first-order chi connectivity index (χ1) is 6.25. The molecule has 0 saturated heterocycles. The molecule has 0 radical (unpaired) electrons. The van der Waals surface area contributed by atoms with Crippen molar-refractivity contribution < 1.29 is 4.79 Å². The molecule has 0 aliphatic carbocycles. The van der Waals surface area contributed by atoms with Crippen LogP contribution in [0.1, 0.15) is 5.56 Å². The van der Waals surface area contributed by atoms with E-state index in [1.807, 2.05) is 24.3 Å². The predicted octanol–water partition coefficient (Wildman–Crippen LogP) is 3.11. The van der Waals surface area contributed by atoms with E-state index in [4.69, 9.17) is 0 Å². The van der Waals surface area contributed by atoms with E-state index in [0.29, 0.717) is 0 Å². The van der Waals surface area contributed by atoms with Crippen LogP contribution in [0.4, 0.5) is 0 Å². The summed E-state index contributed by atoms with van der Waals surface area (Å²) < 4.78 is 1.05. The van der Waals surface area contributed by atoms with E-state index in [1.54, 1.807) is 6.08 Å². The van der Waals surface area contributed by atoms with Gasteiger partial charge in [0, 0.05) is 10.2 Å². The highest BCUT2D eigenvalue weighted by atomic mass is 79.9. The third-order valence-corrected chi connectivity index (χ3v) is 3.21. The standard InChI is InChI=1S/C10H7BrOS/c11-9-3-1-2-7(4-9)8-5-10(12)13-6-8/h1-5H,6H2. The lowest BCUT2D eigenvalue weighted by Gasteiger charge is -2.00. The molecule has 0 saturated carbocycles. The number of benzene rings is 1. The summed E-state index contributed by atoms with van der Waals surface area (Å²) in [5.74, 6) is 0.801. The molecule has 1 nitrogen and oxygen atoms in total. The van der Waals surface area contributed by atoms with Crippen LogP contribution in [-0.2, 0) is 4.79 Å². The minimum atomic E-state index is 0.162. The van der Waals surface area contributed by atoms with Gasteiger partial charge in [-0.15, -0.1) is 0 Å². The SMILES string of the molecule is O=C1C=C(c2cccc(Br)c2)CS1. The third kappa shape index (κ3) is 2.03. The van der Waals surface area contributed by atoms with Crippen molar-refractivity contribution in [2.24, 2.45) is 0 Å². The van der Waals surface area contributed by atoms with Crippen LogP contribution in [0.2, 0.25) is 0 Å². The fourth-order valence-corrected chi connectivity index (χ4v) is 2.40. The highest BCUT2D eigenvalue weighted by Crippen LogP contribution is 2.28. The highest BCUT2D eigenvalue weighted by Gasteiger charge is 2.13. The van der Waals surface area contributed by atoms with E-state index in [1.165, 1.54) is 11.8 Å². The molecule has 0 unspecified atom stereocenters. The van der Waals surface area contributed by atoms with Gasteiger partial charge in [0.2, 0.25) is 5.12 Å². The quantitative estimate of drug-likeness (QED) is 0.767. The van der Waals surface area contributed by atoms with E-state index >= 15 is 0 Å². The van der Waals surface area contributed by atoms with Gasteiger partial charge in [-0.2, -0.15) is 0 Å². The zero-order valence-electron chi connectivity index (χ0n) is 6.79. The molecule has 2 rings (SSSR count). The number of carbonyl (C=O) groups is 1. The van der Waals surface area contributed by atoms with E-state index in [9.17, 15) is 4.79 Å². The summed E-state index contributed by atoms with van der Waals surface area (Å²) in [6.45, 7) is 0. The largest absolute Gasteiger partial charge is 0.282 e. The molecular weight excluding hydrogens is 248 g/mol. The van der Waals surface area contributed by atoms with Crippen molar-refractivity contribution in [2.75, 3.05) is 5.75 Å². The molecule has 0 atom stereocenters. The summed E-state index contributed by atoms with van der Waals surface area (Å²) in [7, 11) is 0. The molecule has 3 heteroatoms. The molecule has 0 N–H and O–H groups in total. The number of halogens is 1. The van der Waals surface area contributed by atoms with Crippen molar-refractivity contribution in [1.29, 1.82) is 0 Å². The van der Waals surface area contributed by atoms with Crippen molar-refractivity contribution in [2.45, 2.75) is 0 Å². The van der Waals surface area contributed by atoms with Gasteiger partial charge in [0.05, 0.1) is 0 Å². The summed E-state index contributed by atoms with van der Waals surface area (Å²) >= 11 is 4.76. The predicted molar refractivity (Wildman–Crippen MR) is 59.6 cm³/mol. The summed E-state index contributed by atoms with van der Waals surface area (Å²) in [4.78, 5) is 11.0. The number of hydrogen-bond acceptors (Lipinski definition) is 2. The van der Waals surface area contributed by atoms with Crippen LogP contribution in [0.3, 0.4) is 0 Å². The van der Waals surface area contributed by atoms with Gasteiger partial charge < -0.3 is 0 Å². The molecule has 1 aromatic rings. The molecule has 0 amide bonds. The molecule has 66 valence electrons. The first-order valence-electron chi connectivity index (χ1n) is 3.89. The Balaban J connectivity index is 2.36. The van der Waals surface area contributed by atoms with Crippen LogP contribution >= 0.6 is 27.7 Å². The Labute approximate surface area is 89.3 Å². The lowest BCUT2D eigenvalue weighted by molar-refractivity contribution is -0.106. The van der Waals surface area contributed by atoms with Gasteiger partial charge in [0.25, 0.3) is 0 Å². The van der Waals surface area contributed by atoms with Crippen molar-refractivity contribution in [3.05, 3.63) is 40.4 Å². The number of thioether (sulfide) groups is 1. The van der Waals surface area contributed by atoms with Crippen LogP contribution in [-0.4, -0.2) is 10.9 Å². The molecule has 1 heterocycles. The van der Waals surface area contributed by atoms with E-state index in [-0.39, 0.29) is 5.12 Å². The lowest BCUT2D eigenvalue weighted by atomic mass is 10.1. The zero-order valence-corrected chi connectivity index (χ0v) is 9.19. The van der Waals surface area contributed by atoms with Crippen molar-refractivity contribution in [1.82, 2.24) is 0 Å². The van der Waals surface area contributed by atoms with Gasteiger partial charge in [-0.05, 0) is 29.3 Å². The van der Waals surface area contributed by atoms with Gasteiger partial charge in [0.15, 0.2) is 0 Å². The maximum atomic E-state index is 11.0. The Bertz CT molecular complexity index is 384. The third-order valence-electron chi connectivity index (χ3n) is 1.86. The second kappa shape index (κ2) is 3.68. The van der Waals surface area contributed by atoms with Gasteiger partial charge in [-0.25, -0.2) is 0 Å². The average molecular weight is 255 g/mol. The first kappa shape index (κ1) is 9.03. The van der Waals surface area contributed by atoms with E-state index in [0.717, 1.165) is 21.4 Å². The molecule has 1 aliphatic heterocycles. The summed E-state index contributed by atoms with van der Waals surface area (Å²) in [5.41, 5.74) is 2.25. The van der Waals surface area contributed by atoms with Gasteiger partial charge in [-0.3, -0.25) is 4.79 Å². The Morgan fingerprint density at radius 1 is 1.38 bits per heavy atom. The maximum absolute atomic E-state index is 11.0. The summed E-state index contributed by atoms with van der Waals surface area (Å²) in [6.07, 6.45) is 1.71. The van der Waals surface area contributed by atoms with Crippen molar-refractivity contribution in [3.8, 4) is 0 Å². The summed E-state index contributed by atoms with van der Waals surface area (Å²) in [5, 5.41) is 0.162. The minimum absolute atomic E-state index is 0.162. The van der Waals surface area contributed by atoms with Crippen LogP contribution in [0, 0.1) is 0 Å². The molecule has 0 fully saturated rings. The Morgan fingerprint density at radius 2 is 2.23 bits per heavy atom. The number of carbonyl (C=O) groups excluding carboxylic acids is 1. The number of rotatable bonds is 1. The highest BCUT2D eigenvalue weighted by molar-refractivity contribution is 9.10. The van der Waals surface area contributed by atoms with Gasteiger partial charge >= 0.3 is 0 Å². The van der Waals surface area contributed by atoms with Gasteiger partial charge in [-0.1, -0.05) is 39.8 Å². The molecule has 0 spiro atoms. The lowest BCUT2D eigenvalue weighted by Crippen LogP contribution is -1.82. The fraction of sp³-hybridized carbons (Fsp3) is 0.100. The Hall–Kier alpha value is -0.540. The molecule has 0 aromatic heterocycles. The van der Waals surface area contributed by atoms with Crippen molar-refractivity contribution in [3.63, 3.8) is 0 Å². The smallest absolute Gasteiger partial charge is 0.212 e. The molecule has 0 bridgehead atoms. The molecule has 1 aliphatic rings. The van der Waals surface area contributed by atoms with Crippen molar-refractivity contribution >= 4 is 38.4 Å². The second-order valence-electron chi connectivity index (χ2n) is 2.79. The minimum Gasteiger partial charge on any atom is -0.282 e. The Morgan fingerprint density at radius 3 is 2.85 bits per heavy atom. The first-order valence-corrected chi connectivity index (χ1v) is 5.67. The second-order valence-corrected chi connectivity index (χ2v) is 4.68. The molecular formula is C10H7BrOS. The van der Waals surface area contributed by atoms with E-state index in [2.05, 4.69) is 15.9 Å². The average Bonchev–Trinajstić information content (AvgIpc) is 2.52. The zero-order chi connectivity index (χ0) is 9.26. The molecule has 1 aromatic carbocycles. The number of hydrogen-bond donors (Lipinski definition) is 0. The molecule has 13 heavy (non-hydrogen) atoms. The van der Waals surface area contributed by atoms with Crippen LogP contribution < -0.4 is 0 Å². The van der Waals surface area contributed by atoms with Gasteiger partial charge in [0.1, 0.15) is 0 Å². The van der Waals surface area contributed by atoms with E-state index < -0.39 is 0 Å². The normalized spacial score (nSPS) is 16.1. The topological polar surface area (TPSA) is 17.1 Å². The monoisotopic (exact) mass is 254 g/mol. The fourth-order valence-electron chi connectivity index (χ4n) is 1.23. The maximum Gasteiger partial charge on any atom is 0.212 e. The van der Waals surface area contributed by atoms with Crippen LogP contribution in [0.25, 0.3) is 5.57 Å².